The van der Waals surface area contributed by atoms with Crippen molar-refractivity contribution < 1.29 is 4.74 Å². The van der Waals surface area contributed by atoms with Crippen molar-refractivity contribution in [1.82, 2.24) is 15.1 Å². The molecule has 5 heteroatoms. The van der Waals surface area contributed by atoms with Crippen molar-refractivity contribution in [2.75, 3.05) is 13.7 Å². The molecule has 1 N–H and O–H groups in total. The first kappa shape index (κ1) is 16.7. The standard InChI is InChI=1S/C14H26BrN3O/c1-6-16-12(8-7-10(2)19-5)9-13-14(15)11(3)17-18(13)4/h10,12,16H,6-9H2,1-5H3. The molecule has 19 heavy (non-hydrogen) atoms. The van der Waals surface area contributed by atoms with Gasteiger partial charge >= 0.3 is 0 Å². The average Bonchev–Trinajstić information content (AvgIpc) is 2.62. The third-order valence-electron chi connectivity index (χ3n) is 3.52. The van der Waals surface area contributed by atoms with Crippen molar-refractivity contribution in [3.05, 3.63) is 15.9 Å². The highest BCUT2D eigenvalue weighted by Gasteiger charge is 2.17. The summed E-state index contributed by atoms with van der Waals surface area (Å²) >= 11 is 3.64. The summed E-state index contributed by atoms with van der Waals surface area (Å²) in [6.45, 7) is 7.28. The van der Waals surface area contributed by atoms with Crippen molar-refractivity contribution in [1.29, 1.82) is 0 Å². The van der Waals surface area contributed by atoms with Gasteiger partial charge in [0.1, 0.15) is 0 Å². The van der Waals surface area contributed by atoms with Gasteiger partial charge in [-0.15, -0.1) is 0 Å². The van der Waals surface area contributed by atoms with Gasteiger partial charge in [0.25, 0.3) is 0 Å². The molecular weight excluding hydrogens is 306 g/mol. The van der Waals surface area contributed by atoms with Gasteiger partial charge in [-0.25, -0.2) is 0 Å². The summed E-state index contributed by atoms with van der Waals surface area (Å²) in [6.07, 6.45) is 3.49. The van der Waals surface area contributed by atoms with Crippen molar-refractivity contribution in [2.24, 2.45) is 7.05 Å². The minimum absolute atomic E-state index is 0.317. The van der Waals surface area contributed by atoms with Crippen LogP contribution in [0.15, 0.2) is 4.47 Å². The number of nitrogens with one attached hydrogen (secondary N) is 1. The fourth-order valence-electron chi connectivity index (χ4n) is 2.25. The first-order valence-corrected chi connectivity index (χ1v) is 7.73. The Morgan fingerprint density at radius 2 is 2.11 bits per heavy atom. The van der Waals surface area contributed by atoms with E-state index in [1.165, 1.54) is 5.69 Å². The SMILES string of the molecule is CCNC(CCC(C)OC)Cc1c(Br)c(C)nn1C. The molecular formula is C14H26BrN3O. The lowest BCUT2D eigenvalue weighted by Crippen LogP contribution is -2.32. The van der Waals surface area contributed by atoms with Crippen LogP contribution in [0.25, 0.3) is 0 Å². The number of hydrogen-bond donors (Lipinski definition) is 1. The quantitative estimate of drug-likeness (QED) is 0.796. The topological polar surface area (TPSA) is 39.1 Å². The maximum absolute atomic E-state index is 5.33. The third-order valence-corrected chi connectivity index (χ3v) is 4.55. The van der Waals surface area contributed by atoms with Crippen LogP contribution in [0.2, 0.25) is 0 Å². The van der Waals surface area contributed by atoms with Gasteiger partial charge in [-0.3, -0.25) is 4.68 Å². The summed E-state index contributed by atoms with van der Waals surface area (Å²) in [5, 5.41) is 8.01. The molecule has 0 spiro atoms. The monoisotopic (exact) mass is 331 g/mol. The van der Waals surface area contributed by atoms with E-state index in [4.69, 9.17) is 4.74 Å². The number of methoxy groups -OCH3 is 1. The fourth-order valence-corrected chi connectivity index (χ4v) is 2.75. The number of halogens is 1. The molecule has 1 heterocycles. The van der Waals surface area contributed by atoms with Gasteiger partial charge in [-0.05, 0) is 49.2 Å². The lowest BCUT2D eigenvalue weighted by atomic mass is 10.0. The number of aryl methyl sites for hydroxylation is 2. The second-order valence-electron chi connectivity index (χ2n) is 5.05. The van der Waals surface area contributed by atoms with E-state index in [0.717, 1.165) is 36.0 Å². The van der Waals surface area contributed by atoms with Gasteiger partial charge in [-0.1, -0.05) is 6.92 Å². The second-order valence-corrected chi connectivity index (χ2v) is 5.85. The van der Waals surface area contributed by atoms with Gasteiger partial charge in [-0.2, -0.15) is 5.10 Å². The molecule has 0 fully saturated rings. The van der Waals surface area contributed by atoms with E-state index in [1.807, 2.05) is 18.7 Å². The highest BCUT2D eigenvalue weighted by atomic mass is 79.9. The Kier molecular flexibility index (Phi) is 7.04. The smallest absolute Gasteiger partial charge is 0.0738 e. The minimum Gasteiger partial charge on any atom is -0.382 e. The molecule has 0 aliphatic heterocycles. The van der Waals surface area contributed by atoms with Crippen LogP contribution in [0.1, 0.15) is 38.1 Å². The fraction of sp³-hybridized carbons (Fsp3) is 0.786. The van der Waals surface area contributed by atoms with E-state index in [1.54, 1.807) is 7.11 Å². The Balaban J connectivity index is 2.67. The number of aromatic nitrogens is 2. The van der Waals surface area contributed by atoms with Crippen molar-refractivity contribution in [3.63, 3.8) is 0 Å². The second kappa shape index (κ2) is 8.02. The van der Waals surface area contributed by atoms with E-state index in [2.05, 4.69) is 40.2 Å². The molecule has 0 aromatic carbocycles. The summed E-state index contributed by atoms with van der Waals surface area (Å²) in [6, 6.07) is 0.466. The molecule has 0 aliphatic rings. The molecule has 2 unspecified atom stereocenters. The molecule has 110 valence electrons. The molecule has 1 aromatic rings. The number of likely N-dealkylation sites (N-methyl/N-ethyl adjacent to an activating group) is 1. The van der Waals surface area contributed by atoms with Crippen LogP contribution in [-0.4, -0.2) is 35.6 Å². The predicted molar refractivity (Wildman–Crippen MR) is 82.5 cm³/mol. The highest BCUT2D eigenvalue weighted by molar-refractivity contribution is 9.10. The maximum atomic E-state index is 5.33. The van der Waals surface area contributed by atoms with Crippen LogP contribution in [-0.2, 0) is 18.2 Å². The zero-order valence-corrected chi connectivity index (χ0v) is 14.2. The summed E-state index contributed by atoms with van der Waals surface area (Å²) in [7, 11) is 3.78. The van der Waals surface area contributed by atoms with Gasteiger partial charge in [0, 0.05) is 26.6 Å². The summed E-state index contributed by atoms with van der Waals surface area (Å²) in [4.78, 5) is 0. The van der Waals surface area contributed by atoms with E-state index in [9.17, 15) is 0 Å². The van der Waals surface area contributed by atoms with Crippen LogP contribution in [0.5, 0.6) is 0 Å². The summed E-state index contributed by atoms with van der Waals surface area (Å²) in [5.41, 5.74) is 2.31. The first-order chi connectivity index (χ1) is 8.99. The molecule has 0 saturated heterocycles. The van der Waals surface area contributed by atoms with Gasteiger partial charge < -0.3 is 10.1 Å². The molecule has 0 bridgehead atoms. The molecule has 0 amide bonds. The molecule has 1 aromatic heterocycles. The summed E-state index contributed by atoms with van der Waals surface area (Å²) < 4.78 is 8.44. The lowest BCUT2D eigenvalue weighted by Gasteiger charge is -2.20. The largest absolute Gasteiger partial charge is 0.382 e. The zero-order chi connectivity index (χ0) is 14.4. The van der Waals surface area contributed by atoms with Crippen molar-refractivity contribution in [3.8, 4) is 0 Å². The average molecular weight is 332 g/mol. The molecule has 0 saturated carbocycles. The van der Waals surface area contributed by atoms with Crippen molar-refractivity contribution >= 4 is 15.9 Å². The first-order valence-electron chi connectivity index (χ1n) is 6.93. The third kappa shape index (κ3) is 4.89. The van der Waals surface area contributed by atoms with Crippen LogP contribution in [0, 0.1) is 6.92 Å². The highest BCUT2D eigenvalue weighted by Crippen LogP contribution is 2.22. The molecule has 4 nitrogen and oxygen atoms in total. The van der Waals surface area contributed by atoms with Gasteiger partial charge in [0.15, 0.2) is 0 Å². The Labute approximate surface area is 125 Å². The zero-order valence-electron chi connectivity index (χ0n) is 12.7. The lowest BCUT2D eigenvalue weighted by molar-refractivity contribution is 0.106. The van der Waals surface area contributed by atoms with E-state index < -0.39 is 0 Å². The predicted octanol–water partition coefficient (Wildman–Crippen LogP) is 2.83. The van der Waals surface area contributed by atoms with Crippen LogP contribution in [0.4, 0.5) is 0 Å². The maximum Gasteiger partial charge on any atom is 0.0738 e. The molecule has 2 atom stereocenters. The Morgan fingerprint density at radius 3 is 2.58 bits per heavy atom. The van der Waals surface area contributed by atoms with E-state index in [-0.39, 0.29) is 0 Å². The molecule has 0 aliphatic carbocycles. The van der Waals surface area contributed by atoms with Crippen molar-refractivity contribution in [2.45, 2.75) is 52.2 Å². The van der Waals surface area contributed by atoms with Gasteiger partial charge in [0.05, 0.1) is 22.0 Å². The normalized spacial score (nSPS) is 14.6. The number of ether oxygens (including phenoxy) is 1. The Hall–Kier alpha value is -0.390. The van der Waals surface area contributed by atoms with Gasteiger partial charge in [0.2, 0.25) is 0 Å². The van der Waals surface area contributed by atoms with Crippen LogP contribution in [0.3, 0.4) is 0 Å². The molecule has 0 radical (unpaired) electrons. The van der Waals surface area contributed by atoms with E-state index >= 15 is 0 Å². The number of hydrogen-bond acceptors (Lipinski definition) is 3. The van der Waals surface area contributed by atoms with E-state index in [0.29, 0.717) is 12.1 Å². The Bertz CT molecular complexity index is 392. The number of rotatable bonds is 8. The Morgan fingerprint density at radius 1 is 1.42 bits per heavy atom. The molecule has 1 rings (SSSR count). The van der Waals surface area contributed by atoms with Crippen LogP contribution >= 0.6 is 15.9 Å². The summed E-state index contributed by atoms with van der Waals surface area (Å²) in [5.74, 6) is 0. The van der Waals surface area contributed by atoms with Crippen LogP contribution < -0.4 is 5.32 Å². The number of nitrogens with zero attached hydrogens (tertiary/aromatic N) is 2. The minimum atomic E-state index is 0.317.